The third kappa shape index (κ3) is 7.48. The molecule has 1 saturated carbocycles. The highest BCUT2D eigenvalue weighted by Crippen LogP contribution is 2.40. The van der Waals surface area contributed by atoms with E-state index >= 15 is 0 Å². The molecule has 1 aliphatic carbocycles. The lowest BCUT2D eigenvalue weighted by Crippen LogP contribution is -2.40. The van der Waals surface area contributed by atoms with Gasteiger partial charge in [0, 0.05) is 17.9 Å². The van der Waals surface area contributed by atoms with Gasteiger partial charge in [-0.15, -0.1) is 0 Å². The van der Waals surface area contributed by atoms with Crippen molar-refractivity contribution >= 4 is 29.8 Å². The van der Waals surface area contributed by atoms with E-state index in [0.717, 1.165) is 83.5 Å². The number of ether oxygens (including phenoxy) is 2. The van der Waals surface area contributed by atoms with Gasteiger partial charge in [-0.05, 0) is 72.0 Å². The zero-order chi connectivity index (χ0) is 30.1. The fraction of sp³-hybridized carbons (Fsp3) is 0.400. The summed E-state index contributed by atoms with van der Waals surface area (Å²) in [5, 5.41) is 0. The van der Waals surface area contributed by atoms with Crippen LogP contribution in [0.15, 0.2) is 82.7 Å². The van der Waals surface area contributed by atoms with Crippen molar-refractivity contribution < 1.29 is 19.1 Å². The quantitative estimate of drug-likeness (QED) is 0.201. The van der Waals surface area contributed by atoms with Crippen molar-refractivity contribution in [3.05, 3.63) is 89.5 Å². The molecule has 3 aromatic rings. The lowest BCUT2D eigenvalue weighted by atomic mass is 9.96. The molecule has 0 atom stereocenters. The van der Waals surface area contributed by atoms with E-state index in [9.17, 15) is 9.59 Å². The van der Waals surface area contributed by atoms with Gasteiger partial charge in [0.05, 0.1) is 13.2 Å². The number of aliphatic imine (C=N–C) groups is 1. The van der Waals surface area contributed by atoms with Crippen molar-refractivity contribution in [1.82, 2.24) is 9.62 Å². The topological polar surface area (TPSA) is 80.2 Å². The van der Waals surface area contributed by atoms with Crippen molar-refractivity contribution in [3.63, 3.8) is 0 Å². The number of rotatable bonds is 13. The van der Waals surface area contributed by atoms with Crippen molar-refractivity contribution in [1.29, 1.82) is 0 Å². The van der Waals surface area contributed by atoms with E-state index in [-0.39, 0.29) is 12.5 Å². The van der Waals surface area contributed by atoms with Gasteiger partial charge in [0.2, 0.25) is 0 Å². The lowest BCUT2D eigenvalue weighted by Gasteiger charge is -2.23. The van der Waals surface area contributed by atoms with Crippen LogP contribution in [0.5, 0.6) is 0 Å². The molecule has 1 spiro atoms. The summed E-state index contributed by atoms with van der Waals surface area (Å²) in [6, 6.07) is 23.9. The number of hydrogen-bond acceptors (Lipinski definition) is 6. The molecule has 3 aromatic carbocycles. The maximum Gasteiger partial charge on any atom is 0.417 e. The zero-order valence-electron chi connectivity index (χ0n) is 25.1. The molecule has 2 aliphatic rings. The second-order valence-corrected chi connectivity index (χ2v) is 12.0. The molecule has 0 radical (unpaired) electrons. The molecule has 226 valence electrons. The van der Waals surface area contributed by atoms with E-state index in [1.165, 1.54) is 11.9 Å². The minimum atomic E-state index is -0.539. The van der Waals surface area contributed by atoms with Crippen LogP contribution in [0.25, 0.3) is 11.1 Å². The normalized spacial score (nSPS) is 15.6. The Balaban J connectivity index is 1.34. The minimum Gasteiger partial charge on any atom is -0.444 e. The number of carbonyl (C=O) groups is 2. The Hall–Kier alpha value is -3.62. The molecule has 8 heteroatoms. The van der Waals surface area contributed by atoms with E-state index in [1.54, 1.807) is 0 Å². The third-order valence-corrected chi connectivity index (χ3v) is 8.93. The molecule has 0 bridgehead atoms. The predicted molar refractivity (Wildman–Crippen MR) is 172 cm³/mol. The Kier molecular flexibility index (Phi) is 10.5. The van der Waals surface area contributed by atoms with Gasteiger partial charge < -0.3 is 9.47 Å². The second-order valence-electron chi connectivity index (χ2n) is 11.2. The SMILES string of the molecule is CCCCC1=NC2(CCCC2)C(=O)N1Cc1ccc(-c2ccccc2SNC(=O)OCc2ccccc2)c(COCC)c1. The maximum absolute atomic E-state index is 13.7. The van der Waals surface area contributed by atoms with Crippen LogP contribution in [0.1, 0.15) is 75.5 Å². The summed E-state index contributed by atoms with van der Waals surface area (Å²) < 4.78 is 14.1. The highest BCUT2D eigenvalue weighted by molar-refractivity contribution is 7.98. The molecule has 0 unspecified atom stereocenters. The molecule has 7 nitrogen and oxygen atoms in total. The predicted octanol–water partition coefficient (Wildman–Crippen LogP) is 8.07. The van der Waals surface area contributed by atoms with E-state index < -0.39 is 11.6 Å². The summed E-state index contributed by atoms with van der Waals surface area (Å²) in [5.74, 6) is 1.11. The first-order valence-corrected chi connectivity index (χ1v) is 16.2. The van der Waals surface area contributed by atoms with Crippen LogP contribution < -0.4 is 4.72 Å². The number of benzene rings is 3. The monoisotopic (exact) mass is 599 g/mol. The van der Waals surface area contributed by atoms with Crippen LogP contribution in [0, 0.1) is 0 Å². The molecule has 1 fully saturated rings. The summed E-state index contributed by atoms with van der Waals surface area (Å²) in [4.78, 5) is 34.0. The second kappa shape index (κ2) is 14.7. The first kappa shape index (κ1) is 30.8. The van der Waals surface area contributed by atoms with E-state index in [1.807, 2.05) is 66.4 Å². The smallest absolute Gasteiger partial charge is 0.417 e. The summed E-state index contributed by atoms with van der Waals surface area (Å²) in [7, 11) is 0. The average molecular weight is 600 g/mol. The summed E-state index contributed by atoms with van der Waals surface area (Å²) in [6.07, 6.45) is 6.27. The Morgan fingerprint density at radius 1 is 0.953 bits per heavy atom. The number of hydrogen-bond donors (Lipinski definition) is 1. The van der Waals surface area contributed by atoms with Gasteiger partial charge in [-0.25, -0.2) is 4.79 Å². The van der Waals surface area contributed by atoms with Gasteiger partial charge in [-0.1, -0.05) is 92.9 Å². The van der Waals surface area contributed by atoms with Crippen LogP contribution in [0.3, 0.4) is 0 Å². The number of nitrogens with one attached hydrogen (secondary N) is 1. The van der Waals surface area contributed by atoms with Crippen LogP contribution in [0.4, 0.5) is 4.79 Å². The number of carbonyl (C=O) groups excluding carboxylic acids is 2. The molecule has 1 heterocycles. The van der Waals surface area contributed by atoms with E-state index in [0.29, 0.717) is 19.8 Å². The van der Waals surface area contributed by atoms with E-state index in [4.69, 9.17) is 14.5 Å². The molecule has 2 amide bonds. The van der Waals surface area contributed by atoms with Crippen LogP contribution >= 0.6 is 11.9 Å². The standard InChI is InChI=1S/C35H41N3O4S/c1-3-5-17-32-36-35(20-11-12-21-35)33(39)38(32)23-27-18-19-29(28(22-27)25-41-4-2)30-15-9-10-16-31(30)43-37-34(40)42-24-26-13-7-6-8-14-26/h6-10,13-16,18-19,22H,3-5,11-12,17,20-21,23-25H2,1-2H3,(H,37,40). The number of unbranched alkanes of at least 4 members (excludes halogenated alkanes) is 1. The fourth-order valence-corrected chi connectivity index (χ4v) is 6.53. The largest absolute Gasteiger partial charge is 0.444 e. The summed E-state index contributed by atoms with van der Waals surface area (Å²) in [6.45, 7) is 5.91. The molecule has 43 heavy (non-hydrogen) atoms. The van der Waals surface area contributed by atoms with Gasteiger partial charge in [0.25, 0.3) is 5.91 Å². The Morgan fingerprint density at radius 3 is 2.49 bits per heavy atom. The Bertz CT molecular complexity index is 1440. The Labute approximate surface area is 259 Å². The van der Waals surface area contributed by atoms with Gasteiger partial charge >= 0.3 is 6.09 Å². The lowest BCUT2D eigenvalue weighted by molar-refractivity contribution is -0.131. The minimum absolute atomic E-state index is 0.165. The van der Waals surface area contributed by atoms with Crippen molar-refractivity contribution in [3.8, 4) is 11.1 Å². The van der Waals surface area contributed by atoms with Crippen molar-refractivity contribution in [2.24, 2.45) is 4.99 Å². The van der Waals surface area contributed by atoms with Crippen LogP contribution in [-0.4, -0.2) is 34.9 Å². The molecule has 1 N–H and O–H groups in total. The molecule has 0 saturated heterocycles. The Morgan fingerprint density at radius 2 is 1.72 bits per heavy atom. The highest BCUT2D eigenvalue weighted by atomic mass is 32.2. The molecule has 1 aliphatic heterocycles. The highest BCUT2D eigenvalue weighted by Gasteiger charge is 2.49. The molecular formula is C35H41N3O4S. The zero-order valence-corrected chi connectivity index (χ0v) is 26.0. The van der Waals surface area contributed by atoms with Gasteiger partial charge in [0.1, 0.15) is 18.0 Å². The maximum atomic E-state index is 13.7. The first-order chi connectivity index (χ1) is 21.0. The summed E-state index contributed by atoms with van der Waals surface area (Å²) in [5.41, 5.74) is 4.50. The number of nitrogens with zero attached hydrogens (tertiary/aromatic N) is 2. The molecule has 5 rings (SSSR count). The van der Waals surface area contributed by atoms with Crippen LogP contribution in [-0.2, 0) is 34.0 Å². The first-order valence-electron chi connectivity index (χ1n) is 15.4. The fourth-order valence-electron chi connectivity index (χ4n) is 5.85. The molecule has 0 aromatic heterocycles. The molecular weight excluding hydrogens is 558 g/mol. The van der Waals surface area contributed by atoms with E-state index in [2.05, 4.69) is 29.8 Å². The van der Waals surface area contributed by atoms with Gasteiger partial charge in [-0.2, -0.15) is 0 Å². The van der Waals surface area contributed by atoms with Crippen LogP contribution in [0.2, 0.25) is 0 Å². The summed E-state index contributed by atoms with van der Waals surface area (Å²) >= 11 is 1.23. The van der Waals surface area contributed by atoms with Crippen molar-refractivity contribution in [2.75, 3.05) is 6.61 Å². The van der Waals surface area contributed by atoms with Gasteiger partial charge in [-0.3, -0.25) is 19.4 Å². The van der Waals surface area contributed by atoms with Crippen molar-refractivity contribution in [2.45, 2.75) is 89.0 Å². The van der Waals surface area contributed by atoms with Gasteiger partial charge in [0.15, 0.2) is 0 Å². The third-order valence-electron chi connectivity index (χ3n) is 8.09. The average Bonchev–Trinajstić information content (AvgIpc) is 3.62. The number of amides is 2. The number of amidine groups is 1.